The van der Waals surface area contributed by atoms with Crippen LogP contribution in [0.5, 0.6) is 0 Å². The van der Waals surface area contributed by atoms with Crippen LogP contribution in [0.2, 0.25) is 8.87 Å². The normalized spacial score (nSPS) is 9.73. The zero-order valence-electron chi connectivity index (χ0n) is 13.0. The number of carboxylic acids is 2. The Morgan fingerprint density at radius 2 is 1.41 bits per heavy atom. The molecule has 0 fully saturated rings. The van der Waals surface area contributed by atoms with Gasteiger partial charge in [0.15, 0.2) is 5.43 Å². The summed E-state index contributed by atoms with van der Waals surface area (Å²) in [5.74, 6) is -2.75. The van der Waals surface area contributed by atoms with Gasteiger partial charge in [0.25, 0.3) is 0 Å². The fraction of sp³-hybridized carbons (Fsp3) is 0.533. The number of aromatic nitrogens is 1. The number of carboxylic acid groups (broad SMARTS) is 2. The first kappa shape index (κ1) is 20.7. The molecule has 6 nitrogen and oxygen atoms in total. The molecule has 0 amide bonds. The molecule has 0 unspecified atom stereocenters. The van der Waals surface area contributed by atoms with Crippen LogP contribution in [-0.2, 0) is 0 Å². The fourth-order valence-electron chi connectivity index (χ4n) is 1.50. The number of rotatable bonds is 8. The molecule has 0 saturated heterocycles. The standard InChI is InChI=1S/C7H5NO5.2C4H9.Sn/c9-3-1-4(6(10)11)8-5(2-3)7(12)13;2*1-3-4-2;/h1-2H,(H,8,9)(H,10,11)(H,12,13);2*1,3-4H2,2H3;. The van der Waals surface area contributed by atoms with E-state index in [1.807, 2.05) is 0 Å². The van der Waals surface area contributed by atoms with Gasteiger partial charge in [-0.05, 0) is 0 Å². The molecule has 0 aliphatic rings. The predicted molar refractivity (Wildman–Crippen MR) is 86.2 cm³/mol. The Bertz CT molecular complexity index is 486. The summed E-state index contributed by atoms with van der Waals surface area (Å²) in [6.07, 6.45) is 5.84. The fourth-order valence-corrected chi connectivity index (χ4v) is 5.66. The molecular formula is C15H23NO5Sn. The summed E-state index contributed by atoms with van der Waals surface area (Å²) < 4.78 is 3.25. The van der Waals surface area contributed by atoms with Crippen LogP contribution in [0.25, 0.3) is 0 Å². The Morgan fingerprint density at radius 3 is 1.73 bits per heavy atom. The number of unbranched alkanes of at least 4 members (excludes halogenated alkanes) is 2. The summed E-state index contributed by atoms with van der Waals surface area (Å²) in [5, 5.41) is 16.9. The van der Waals surface area contributed by atoms with Crippen molar-refractivity contribution in [2.24, 2.45) is 0 Å². The van der Waals surface area contributed by atoms with Crippen LogP contribution in [0.3, 0.4) is 0 Å². The Balaban J connectivity index is 0.000000433. The molecule has 1 rings (SSSR count). The van der Waals surface area contributed by atoms with Crippen LogP contribution < -0.4 is 5.43 Å². The third kappa shape index (κ3) is 9.59. The van der Waals surface area contributed by atoms with E-state index in [1.54, 1.807) is 8.87 Å². The van der Waals surface area contributed by atoms with Crippen LogP contribution in [0, 0.1) is 0 Å². The maximum atomic E-state index is 10.8. The van der Waals surface area contributed by atoms with Crippen molar-refractivity contribution in [3.63, 3.8) is 0 Å². The van der Waals surface area contributed by atoms with Crippen molar-refractivity contribution in [2.75, 3.05) is 0 Å². The Morgan fingerprint density at radius 1 is 1.00 bits per heavy atom. The quantitative estimate of drug-likeness (QED) is 0.447. The summed E-state index contributed by atoms with van der Waals surface area (Å²) in [6, 6.07) is 1.63. The SMILES string of the molecule is CCC[CH2][Sn][CH2]CCC.O=C(O)c1cc(=O)cc(C(=O)O)[nH]1. The van der Waals surface area contributed by atoms with Crippen LogP contribution in [0.4, 0.5) is 0 Å². The van der Waals surface area contributed by atoms with E-state index >= 15 is 0 Å². The van der Waals surface area contributed by atoms with Crippen LogP contribution in [0.15, 0.2) is 16.9 Å². The third-order valence-electron chi connectivity index (χ3n) is 2.72. The van der Waals surface area contributed by atoms with E-state index in [-0.39, 0.29) is 21.1 Å². The van der Waals surface area contributed by atoms with Crippen molar-refractivity contribution in [3.8, 4) is 0 Å². The van der Waals surface area contributed by atoms with E-state index in [9.17, 15) is 14.4 Å². The monoisotopic (exact) mass is 417 g/mol. The molecule has 0 atom stereocenters. The molecule has 122 valence electrons. The van der Waals surface area contributed by atoms with E-state index in [4.69, 9.17) is 10.2 Å². The van der Waals surface area contributed by atoms with Crippen molar-refractivity contribution in [1.29, 1.82) is 0 Å². The largest absolute Gasteiger partial charge is 0.477 e. The zero-order valence-corrected chi connectivity index (χ0v) is 15.9. The zero-order chi connectivity index (χ0) is 17.0. The van der Waals surface area contributed by atoms with Crippen molar-refractivity contribution in [3.05, 3.63) is 33.7 Å². The van der Waals surface area contributed by atoms with Crippen molar-refractivity contribution >= 4 is 33.1 Å². The van der Waals surface area contributed by atoms with Gasteiger partial charge in [-0.25, -0.2) is 9.59 Å². The van der Waals surface area contributed by atoms with E-state index in [0.717, 1.165) is 12.1 Å². The molecule has 22 heavy (non-hydrogen) atoms. The predicted octanol–water partition coefficient (Wildman–Crippen LogP) is 2.90. The number of aromatic carboxylic acids is 2. The van der Waals surface area contributed by atoms with Crippen molar-refractivity contribution in [1.82, 2.24) is 4.98 Å². The molecule has 0 saturated carbocycles. The first-order valence-electron chi connectivity index (χ1n) is 7.34. The molecule has 2 radical (unpaired) electrons. The average molecular weight is 416 g/mol. The smallest absolute Gasteiger partial charge is 0.352 e. The summed E-state index contributed by atoms with van der Waals surface area (Å²) in [5.41, 5.74) is -1.54. The van der Waals surface area contributed by atoms with Gasteiger partial charge in [-0.2, -0.15) is 0 Å². The number of carbonyl (C=O) groups is 2. The maximum absolute atomic E-state index is 10.8. The first-order valence-corrected chi connectivity index (χ1v) is 11.4. The molecular weight excluding hydrogens is 393 g/mol. The third-order valence-corrected chi connectivity index (χ3v) is 6.75. The molecule has 1 aromatic heterocycles. The van der Waals surface area contributed by atoms with Gasteiger partial charge < -0.3 is 15.2 Å². The van der Waals surface area contributed by atoms with Gasteiger partial charge in [-0.1, -0.05) is 0 Å². The van der Waals surface area contributed by atoms with E-state index in [0.29, 0.717) is 0 Å². The summed E-state index contributed by atoms with van der Waals surface area (Å²) in [6.45, 7) is 4.58. The van der Waals surface area contributed by atoms with Crippen molar-refractivity contribution < 1.29 is 19.8 Å². The van der Waals surface area contributed by atoms with Gasteiger partial charge in [0.2, 0.25) is 0 Å². The van der Waals surface area contributed by atoms with Crippen molar-refractivity contribution in [2.45, 2.75) is 48.4 Å². The van der Waals surface area contributed by atoms with E-state index < -0.39 is 28.8 Å². The van der Waals surface area contributed by atoms with E-state index in [2.05, 4.69) is 18.8 Å². The molecule has 1 aromatic rings. The molecule has 1 heterocycles. The number of hydrogen-bond donors (Lipinski definition) is 3. The molecule has 0 aliphatic carbocycles. The Hall–Kier alpha value is -1.31. The van der Waals surface area contributed by atoms with Gasteiger partial charge in [-0.3, -0.25) is 4.79 Å². The van der Waals surface area contributed by atoms with Gasteiger partial charge in [0, 0.05) is 12.1 Å². The Kier molecular flexibility index (Phi) is 11.5. The minimum Gasteiger partial charge on any atom is -0.477 e. The molecule has 0 aromatic carbocycles. The minimum absolute atomic E-state index is 0.149. The topological polar surface area (TPSA) is 107 Å². The van der Waals surface area contributed by atoms with Gasteiger partial charge in [-0.15, -0.1) is 0 Å². The summed E-state index contributed by atoms with van der Waals surface area (Å²) in [7, 11) is 0. The van der Waals surface area contributed by atoms with Gasteiger partial charge in [0.05, 0.1) is 0 Å². The number of nitrogens with one attached hydrogen (secondary N) is 1. The Labute approximate surface area is 140 Å². The second kappa shape index (κ2) is 12.3. The number of aromatic amines is 1. The van der Waals surface area contributed by atoms with Gasteiger partial charge in [0.1, 0.15) is 11.4 Å². The van der Waals surface area contributed by atoms with Crippen LogP contribution in [0.1, 0.15) is 60.5 Å². The molecule has 0 bridgehead atoms. The molecule has 0 spiro atoms. The summed E-state index contributed by atoms with van der Waals surface area (Å²) >= 11 is 0.149. The second-order valence-corrected chi connectivity index (χ2v) is 8.99. The van der Waals surface area contributed by atoms with E-state index in [1.165, 1.54) is 25.7 Å². The number of hydrogen-bond acceptors (Lipinski definition) is 3. The van der Waals surface area contributed by atoms with Gasteiger partial charge >= 0.3 is 81.5 Å². The average Bonchev–Trinajstić information content (AvgIpc) is 2.47. The summed E-state index contributed by atoms with van der Waals surface area (Å²) in [4.78, 5) is 33.6. The minimum atomic E-state index is -1.37. The van der Waals surface area contributed by atoms with Crippen LogP contribution >= 0.6 is 0 Å². The molecule has 3 N–H and O–H groups in total. The second-order valence-electron chi connectivity index (χ2n) is 4.71. The number of pyridine rings is 1. The first-order chi connectivity index (χ1) is 10.4. The molecule has 0 aliphatic heterocycles. The molecule has 7 heteroatoms. The van der Waals surface area contributed by atoms with Crippen LogP contribution in [-0.4, -0.2) is 48.3 Å². The maximum Gasteiger partial charge on any atom is 0.352 e. The number of H-pyrrole nitrogens is 1.